The number of carbonyl (C=O) groups is 2. The molecule has 5 nitrogen and oxygen atoms in total. The number of hydrogen-bond acceptors (Lipinski definition) is 3. The largest absolute Gasteiger partial charge is 0.478 e. The van der Waals surface area contributed by atoms with Crippen molar-refractivity contribution in [1.29, 1.82) is 0 Å². The molecule has 0 radical (unpaired) electrons. The summed E-state index contributed by atoms with van der Waals surface area (Å²) in [6.07, 6.45) is 3.22. The van der Waals surface area contributed by atoms with Crippen molar-refractivity contribution in [2.45, 2.75) is 25.4 Å². The molecule has 1 aromatic rings. The first-order valence-electron chi connectivity index (χ1n) is 6.40. The molecule has 1 aliphatic heterocycles. The molecule has 0 saturated carbocycles. The molecule has 1 atom stereocenters. The van der Waals surface area contributed by atoms with Gasteiger partial charge in [-0.05, 0) is 37.5 Å². The third-order valence-electron chi connectivity index (χ3n) is 3.14. The van der Waals surface area contributed by atoms with Gasteiger partial charge in [0, 0.05) is 18.7 Å². The number of carboxylic acids is 1. The molecule has 19 heavy (non-hydrogen) atoms. The molecule has 1 aliphatic rings. The van der Waals surface area contributed by atoms with Gasteiger partial charge in [-0.15, -0.1) is 0 Å². The van der Waals surface area contributed by atoms with Crippen molar-refractivity contribution in [3.05, 3.63) is 35.4 Å². The maximum absolute atomic E-state index is 11.9. The van der Waals surface area contributed by atoms with E-state index < -0.39 is 5.97 Å². The quantitative estimate of drug-likeness (QED) is 0.866. The molecule has 102 valence electrons. The molecule has 1 aromatic carbocycles. The second kappa shape index (κ2) is 6.33. The van der Waals surface area contributed by atoms with Gasteiger partial charge in [0.1, 0.15) is 0 Å². The number of benzene rings is 1. The highest BCUT2D eigenvalue weighted by atomic mass is 16.5. The Balaban J connectivity index is 1.92. The predicted molar refractivity (Wildman–Crippen MR) is 69.3 cm³/mol. The van der Waals surface area contributed by atoms with Gasteiger partial charge in [-0.2, -0.15) is 0 Å². The predicted octanol–water partition coefficient (Wildman–Crippen LogP) is 1.68. The van der Waals surface area contributed by atoms with Crippen LogP contribution in [0.1, 0.15) is 40.0 Å². The molecule has 0 aromatic heterocycles. The molecular formula is C14H17NO4. The van der Waals surface area contributed by atoms with Crippen molar-refractivity contribution in [3.63, 3.8) is 0 Å². The lowest BCUT2D eigenvalue weighted by Crippen LogP contribution is -2.35. The summed E-state index contributed by atoms with van der Waals surface area (Å²) >= 11 is 0. The fourth-order valence-corrected chi connectivity index (χ4v) is 2.07. The molecule has 0 spiro atoms. The third-order valence-corrected chi connectivity index (χ3v) is 3.14. The van der Waals surface area contributed by atoms with Crippen LogP contribution in [0.3, 0.4) is 0 Å². The molecule has 1 amide bonds. The van der Waals surface area contributed by atoms with Crippen LogP contribution in [0.5, 0.6) is 0 Å². The number of aromatic carboxylic acids is 1. The van der Waals surface area contributed by atoms with Gasteiger partial charge in [-0.25, -0.2) is 4.79 Å². The van der Waals surface area contributed by atoms with Gasteiger partial charge in [-0.1, -0.05) is 6.07 Å². The van der Waals surface area contributed by atoms with Crippen molar-refractivity contribution >= 4 is 11.9 Å². The van der Waals surface area contributed by atoms with Crippen LogP contribution in [0, 0.1) is 0 Å². The van der Waals surface area contributed by atoms with Gasteiger partial charge in [-0.3, -0.25) is 4.79 Å². The first-order chi connectivity index (χ1) is 9.16. The average molecular weight is 263 g/mol. The monoisotopic (exact) mass is 263 g/mol. The molecular weight excluding hydrogens is 246 g/mol. The van der Waals surface area contributed by atoms with Gasteiger partial charge in [0.05, 0.1) is 11.7 Å². The molecule has 1 fully saturated rings. The van der Waals surface area contributed by atoms with Crippen molar-refractivity contribution < 1.29 is 19.4 Å². The number of carbonyl (C=O) groups excluding carboxylic acids is 1. The van der Waals surface area contributed by atoms with Crippen LogP contribution in [-0.2, 0) is 4.74 Å². The minimum absolute atomic E-state index is 0.0698. The lowest BCUT2D eigenvalue weighted by atomic mass is 10.1. The Hall–Kier alpha value is -1.88. The minimum atomic E-state index is -1.04. The third kappa shape index (κ3) is 3.79. The van der Waals surface area contributed by atoms with Gasteiger partial charge in [0.15, 0.2) is 0 Å². The molecule has 1 heterocycles. The Morgan fingerprint density at radius 2 is 2.11 bits per heavy atom. The van der Waals surface area contributed by atoms with Crippen LogP contribution in [0.15, 0.2) is 24.3 Å². The summed E-state index contributed by atoms with van der Waals surface area (Å²) < 4.78 is 5.52. The number of rotatable bonds is 4. The second-order valence-electron chi connectivity index (χ2n) is 4.58. The highest BCUT2D eigenvalue weighted by molar-refractivity contribution is 5.97. The van der Waals surface area contributed by atoms with E-state index in [-0.39, 0.29) is 17.6 Å². The lowest BCUT2D eigenvalue weighted by Gasteiger charge is -2.22. The van der Waals surface area contributed by atoms with Crippen molar-refractivity contribution in [2.75, 3.05) is 13.2 Å². The van der Waals surface area contributed by atoms with E-state index in [1.165, 1.54) is 12.1 Å². The zero-order valence-electron chi connectivity index (χ0n) is 10.6. The van der Waals surface area contributed by atoms with Gasteiger partial charge < -0.3 is 15.2 Å². The molecule has 1 saturated heterocycles. The van der Waals surface area contributed by atoms with E-state index in [0.717, 1.165) is 25.9 Å². The lowest BCUT2D eigenvalue weighted by molar-refractivity contribution is 0.0169. The number of nitrogens with one attached hydrogen (secondary N) is 1. The highest BCUT2D eigenvalue weighted by Crippen LogP contribution is 2.12. The maximum Gasteiger partial charge on any atom is 0.335 e. The minimum Gasteiger partial charge on any atom is -0.478 e. The fourth-order valence-electron chi connectivity index (χ4n) is 2.07. The number of carboxylic acid groups (broad SMARTS) is 1. The van der Waals surface area contributed by atoms with E-state index in [2.05, 4.69) is 5.32 Å². The highest BCUT2D eigenvalue weighted by Gasteiger charge is 2.15. The number of amides is 1. The Bertz CT molecular complexity index is 466. The average Bonchev–Trinajstić information content (AvgIpc) is 2.46. The van der Waals surface area contributed by atoms with Gasteiger partial charge in [0.2, 0.25) is 0 Å². The molecule has 5 heteroatoms. The zero-order valence-corrected chi connectivity index (χ0v) is 10.6. The number of ether oxygens (including phenoxy) is 1. The molecule has 0 aliphatic carbocycles. The second-order valence-corrected chi connectivity index (χ2v) is 4.58. The van der Waals surface area contributed by atoms with Crippen LogP contribution in [0.4, 0.5) is 0 Å². The van der Waals surface area contributed by atoms with Crippen LogP contribution in [0.25, 0.3) is 0 Å². The molecule has 2 rings (SSSR count). The van der Waals surface area contributed by atoms with E-state index in [1.807, 2.05) is 0 Å². The summed E-state index contributed by atoms with van der Waals surface area (Å²) in [4.78, 5) is 22.7. The Morgan fingerprint density at radius 1 is 1.32 bits per heavy atom. The van der Waals surface area contributed by atoms with Crippen LogP contribution in [0.2, 0.25) is 0 Å². The van der Waals surface area contributed by atoms with Gasteiger partial charge >= 0.3 is 5.97 Å². The van der Waals surface area contributed by atoms with Crippen LogP contribution < -0.4 is 5.32 Å². The summed E-state index contributed by atoms with van der Waals surface area (Å²) in [7, 11) is 0. The Kier molecular flexibility index (Phi) is 4.52. The molecule has 2 N–H and O–H groups in total. The van der Waals surface area contributed by atoms with Crippen molar-refractivity contribution in [2.24, 2.45) is 0 Å². The maximum atomic E-state index is 11.9. The van der Waals surface area contributed by atoms with Crippen molar-refractivity contribution in [1.82, 2.24) is 5.32 Å². The standard InChI is InChI=1S/C14H17NO4/c16-13(15-9-12-6-1-2-7-19-12)10-4-3-5-11(8-10)14(17)18/h3-5,8,12H,1-2,6-7,9H2,(H,15,16)(H,17,18). The molecule has 1 unspecified atom stereocenters. The SMILES string of the molecule is O=C(O)c1cccc(C(=O)NCC2CCCCO2)c1. The zero-order chi connectivity index (χ0) is 13.7. The van der Waals surface area contributed by atoms with E-state index in [1.54, 1.807) is 12.1 Å². The van der Waals surface area contributed by atoms with Crippen LogP contribution in [-0.4, -0.2) is 36.2 Å². The summed E-state index contributed by atoms with van der Waals surface area (Å²) in [6.45, 7) is 1.21. The smallest absolute Gasteiger partial charge is 0.335 e. The Morgan fingerprint density at radius 3 is 2.79 bits per heavy atom. The summed E-state index contributed by atoms with van der Waals surface area (Å²) in [5.74, 6) is -1.30. The normalized spacial score (nSPS) is 18.8. The first kappa shape index (κ1) is 13.5. The summed E-state index contributed by atoms with van der Waals surface area (Å²) in [5.41, 5.74) is 0.470. The summed E-state index contributed by atoms with van der Waals surface area (Å²) in [5, 5.41) is 11.7. The fraction of sp³-hybridized carbons (Fsp3) is 0.429. The molecule has 0 bridgehead atoms. The summed E-state index contributed by atoms with van der Waals surface area (Å²) in [6, 6.07) is 6.00. The Labute approximate surface area is 111 Å². The van der Waals surface area contributed by atoms with E-state index in [9.17, 15) is 9.59 Å². The first-order valence-corrected chi connectivity index (χ1v) is 6.40. The van der Waals surface area contributed by atoms with Crippen molar-refractivity contribution in [3.8, 4) is 0 Å². The number of hydrogen-bond donors (Lipinski definition) is 2. The topological polar surface area (TPSA) is 75.6 Å². The van der Waals surface area contributed by atoms with Gasteiger partial charge in [0.25, 0.3) is 5.91 Å². The van der Waals surface area contributed by atoms with Crippen LogP contribution >= 0.6 is 0 Å². The van der Waals surface area contributed by atoms with E-state index in [4.69, 9.17) is 9.84 Å². The van der Waals surface area contributed by atoms with E-state index in [0.29, 0.717) is 12.1 Å². The van der Waals surface area contributed by atoms with E-state index >= 15 is 0 Å².